The normalized spacial score (nSPS) is 14.5. The molecule has 0 amide bonds. The van der Waals surface area contributed by atoms with Gasteiger partial charge in [-0.3, -0.25) is 0 Å². The summed E-state index contributed by atoms with van der Waals surface area (Å²) >= 11 is 7.69. The predicted octanol–water partition coefficient (Wildman–Crippen LogP) is 5.58. The molecule has 2 heterocycles. The van der Waals surface area contributed by atoms with Crippen LogP contribution in [0.2, 0.25) is 5.15 Å². The van der Waals surface area contributed by atoms with Gasteiger partial charge in [-0.1, -0.05) is 71.9 Å². The molecule has 7 heteroatoms. The maximum absolute atomic E-state index is 11.4. The van der Waals surface area contributed by atoms with Gasteiger partial charge in [-0.2, -0.15) is 0 Å². The lowest BCUT2D eigenvalue weighted by Gasteiger charge is -2.33. The molecule has 1 saturated heterocycles. The number of carbonyl (C=O) groups is 1. The third-order valence-electron chi connectivity index (χ3n) is 5.57. The van der Waals surface area contributed by atoms with E-state index in [9.17, 15) is 9.90 Å². The van der Waals surface area contributed by atoms with Gasteiger partial charge in [0.15, 0.2) is 5.16 Å². The molecule has 4 rings (SSSR count). The van der Waals surface area contributed by atoms with Crippen LogP contribution in [0.5, 0.6) is 0 Å². The summed E-state index contributed by atoms with van der Waals surface area (Å²) in [5.74, 6) is 1.06. The second-order valence-electron chi connectivity index (χ2n) is 7.70. The fraction of sp³-hybridized carbons (Fsp3) is 0.292. The zero-order valence-electron chi connectivity index (χ0n) is 17.1. The minimum absolute atomic E-state index is 0.303. The van der Waals surface area contributed by atoms with Gasteiger partial charge in [0, 0.05) is 24.9 Å². The number of hydrogen-bond donors (Lipinski definition) is 1. The quantitative estimate of drug-likeness (QED) is 0.286. The molecule has 1 aliphatic heterocycles. The summed E-state index contributed by atoms with van der Waals surface area (Å²) in [4.78, 5) is 22.7. The Balaban J connectivity index is 1.39. The van der Waals surface area contributed by atoms with Crippen LogP contribution in [0.3, 0.4) is 0 Å². The second-order valence-corrected chi connectivity index (χ2v) is 9.03. The van der Waals surface area contributed by atoms with Crippen LogP contribution < -0.4 is 4.90 Å². The van der Waals surface area contributed by atoms with Gasteiger partial charge in [0.1, 0.15) is 11.0 Å². The number of aromatic carboxylic acids is 1. The van der Waals surface area contributed by atoms with Gasteiger partial charge in [-0.15, -0.1) is 0 Å². The monoisotopic (exact) mass is 453 g/mol. The fourth-order valence-electron chi connectivity index (χ4n) is 3.92. The second kappa shape index (κ2) is 10.2. The first-order chi connectivity index (χ1) is 15.1. The van der Waals surface area contributed by atoms with Crippen molar-refractivity contribution in [2.24, 2.45) is 5.92 Å². The summed E-state index contributed by atoms with van der Waals surface area (Å²) in [6.07, 6.45) is 3.35. The molecular weight excluding hydrogens is 430 g/mol. The Labute approximate surface area is 191 Å². The summed E-state index contributed by atoms with van der Waals surface area (Å²) in [5.41, 5.74) is 2.44. The van der Waals surface area contributed by atoms with Crippen molar-refractivity contribution in [2.75, 3.05) is 18.0 Å². The Morgan fingerprint density at radius 1 is 1.06 bits per heavy atom. The predicted molar refractivity (Wildman–Crippen MR) is 125 cm³/mol. The third kappa shape index (κ3) is 5.77. The first-order valence-corrected chi connectivity index (χ1v) is 11.7. The number of aromatic nitrogens is 2. The summed E-state index contributed by atoms with van der Waals surface area (Å²) in [6.45, 7) is 1.88. The van der Waals surface area contributed by atoms with Crippen molar-refractivity contribution < 1.29 is 9.90 Å². The highest BCUT2D eigenvalue weighted by molar-refractivity contribution is 7.98. The Bertz CT molecular complexity index is 1040. The molecule has 0 spiro atoms. The molecular formula is C24H24ClN3O2S. The number of piperidine rings is 1. The van der Waals surface area contributed by atoms with Crippen molar-refractivity contribution in [3.63, 3.8) is 0 Å². The Morgan fingerprint density at radius 3 is 2.52 bits per heavy atom. The number of benzene rings is 2. The fourth-order valence-corrected chi connectivity index (χ4v) is 5.01. The highest BCUT2D eigenvalue weighted by Gasteiger charge is 2.21. The molecule has 0 bridgehead atoms. The van der Waals surface area contributed by atoms with E-state index in [1.807, 2.05) is 18.2 Å². The zero-order chi connectivity index (χ0) is 21.6. The lowest BCUT2D eigenvalue weighted by Crippen LogP contribution is -2.35. The van der Waals surface area contributed by atoms with Crippen LogP contribution in [0.15, 0.2) is 65.8 Å². The molecule has 0 atom stereocenters. The molecule has 0 saturated carbocycles. The molecule has 2 aromatic carbocycles. The van der Waals surface area contributed by atoms with E-state index in [0.717, 1.165) is 43.7 Å². The number of thioether (sulfide) groups is 1. The van der Waals surface area contributed by atoms with Gasteiger partial charge in [0.25, 0.3) is 0 Å². The summed E-state index contributed by atoms with van der Waals surface area (Å²) in [7, 11) is 0. The molecule has 31 heavy (non-hydrogen) atoms. The van der Waals surface area contributed by atoms with Crippen LogP contribution >= 0.6 is 23.4 Å². The Morgan fingerprint density at radius 2 is 1.77 bits per heavy atom. The first kappa shape index (κ1) is 21.7. The lowest BCUT2D eigenvalue weighted by molar-refractivity contribution is 0.0696. The van der Waals surface area contributed by atoms with E-state index in [1.54, 1.807) is 12.1 Å². The number of anilines is 1. The highest BCUT2D eigenvalue weighted by Crippen LogP contribution is 2.29. The molecule has 1 N–H and O–H groups in total. The summed E-state index contributed by atoms with van der Waals surface area (Å²) in [6, 6.07) is 19.5. The van der Waals surface area contributed by atoms with E-state index in [4.69, 9.17) is 16.6 Å². The van der Waals surface area contributed by atoms with E-state index in [-0.39, 0.29) is 0 Å². The van der Waals surface area contributed by atoms with E-state index in [2.05, 4.69) is 40.2 Å². The van der Waals surface area contributed by atoms with Gasteiger partial charge < -0.3 is 10.0 Å². The maximum Gasteiger partial charge on any atom is 0.335 e. The van der Waals surface area contributed by atoms with Crippen LogP contribution in [0.1, 0.15) is 34.3 Å². The number of rotatable bonds is 7. The molecule has 3 aromatic rings. The van der Waals surface area contributed by atoms with Gasteiger partial charge in [0.2, 0.25) is 0 Å². The van der Waals surface area contributed by atoms with E-state index < -0.39 is 5.97 Å². The molecule has 1 fully saturated rings. The number of carboxylic acids is 1. The SMILES string of the molecule is O=C(O)c1ccccc1CSc1nc(Cl)cc(N2CCC(Cc3ccccc3)CC2)n1. The smallest absolute Gasteiger partial charge is 0.335 e. The minimum atomic E-state index is -0.928. The number of halogens is 1. The van der Waals surface area contributed by atoms with Crippen molar-refractivity contribution in [3.8, 4) is 0 Å². The summed E-state index contributed by atoms with van der Waals surface area (Å²) < 4.78 is 0. The third-order valence-corrected chi connectivity index (χ3v) is 6.66. The standard InChI is InChI=1S/C24H24ClN3O2S/c25-21-15-22(28-12-10-18(11-13-28)14-17-6-2-1-3-7-17)27-24(26-21)31-16-19-8-4-5-9-20(19)23(29)30/h1-9,15,18H,10-14,16H2,(H,29,30). The number of nitrogens with zero attached hydrogens (tertiary/aromatic N) is 3. The summed E-state index contributed by atoms with van der Waals surface area (Å²) in [5, 5.41) is 10.3. The lowest BCUT2D eigenvalue weighted by atomic mass is 9.90. The largest absolute Gasteiger partial charge is 0.478 e. The minimum Gasteiger partial charge on any atom is -0.478 e. The van der Waals surface area contributed by atoms with Crippen molar-refractivity contribution in [1.82, 2.24) is 9.97 Å². The van der Waals surface area contributed by atoms with Crippen molar-refractivity contribution in [2.45, 2.75) is 30.2 Å². The first-order valence-electron chi connectivity index (χ1n) is 10.4. The van der Waals surface area contributed by atoms with Crippen molar-refractivity contribution in [1.29, 1.82) is 0 Å². The van der Waals surface area contributed by atoms with Crippen LogP contribution in [-0.4, -0.2) is 34.1 Å². The number of carboxylic acid groups (broad SMARTS) is 1. The molecule has 1 aromatic heterocycles. The average Bonchev–Trinajstić information content (AvgIpc) is 2.79. The van der Waals surface area contributed by atoms with E-state index >= 15 is 0 Å². The van der Waals surface area contributed by atoms with Crippen LogP contribution in [0.4, 0.5) is 5.82 Å². The van der Waals surface area contributed by atoms with E-state index in [1.165, 1.54) is 17.3 Å². The molecule has 0 aliphatic carbocycles. The maximum atomic E-state index is 11.4. The molecule has 5 nitrogen and oxygen atoms in total. The van der Waals surface area contributed by atoms with Gasteiger partial charge in [-0.05, 0) is 42.4 Å². The topological polar surface area (TPSA) is 66.3 Å². The van der Waals surface area contributed by atoms with E-state index in [0.29, 0.717) is 27.5 Å². The van der Waals surface area contributed by atoms with Crippen molar-refractivity contribution >= 4 is 35.1 Å². The van der Waals surface area contributed by atoms with Gasteiger partial charge >= 0.3 is 5.97 Å². The van der Waals surface area contributed by atoms with Crippen LogP contribution in [-0.2, 0) is 12.2 Å². The van der Waals surface area contributed by atoms with Crippen LogP contribution in [0, 0.1) is 5.92 Å². The Hall–Kier alpha value is -2.57. The molecule has 160 valence electrons. The number of hydrogen-bond acceptors (Lipinski definition) is 5. The average molecular weight is 454 g/mol. The molecule has 0 unspecified atom stereocenters. The molecule has 0 radical (unpaired) electrons. The van der Waals surface area contributed by atoms with Gasteiger partial charge in [0.05, 0.1) is 5.56 Å². The zero-order valence-corrected chi connectivity index (χ0v) is 18.6. The van der Waals surface area contributed by atoms with Crippen molar-refractivity contribution in [3.05, 3.63) is 82.5 Å². The molecule has 1 aliphatic rings. The highest BCUT2D eigenvalue weighted by atomic mass is 35.5. The Kier molecular flexibility index (Phi) is 7.10. The van der Waals surface area contributed by atoms with Gasteiger partial charge in [-0.25, -0.2) is 14.8 Å². The van der Waals surface area contributed by atoms with Crippen LogP contribution in [0.25, 0.3) is 0 Å².